The molecular weight excluding hydrogens is 284 g/mol. The van der Waals surface area contributed by atoms with E-state index in [0.717, 1.165) is 25.7 Å². The fourth-order valence-corrected chi connectivity index (χ4v) is 2.67. The van der Waals surface area contributed by atoms with Crippen LogP contribution in [0, 0.1) is 0 Å². The summed E-state index contributed by atoms with van der Waals surface area (Å²) in [6.45, 7) is -0.169. The Balaban J connectivity index is 1.98. The van der Waals surface area contributed by atoms with Crippen molar-refractivity contribution in [1.29, 1.82) is 0 Å². The van der Waals surface area contributed by atoms with Gasteiger partial charge in [-0.15, -0.1) is 0 Å². The van der Waals surface area contributed by atoms with Gasteiger partial charge in [0.05, 0.1) is 12.7 Å². The molecular formula is C16H22N2O4. The Kier molecular flexibility index (Phi) is 5.63. The number of para-hydroxylation sites is 1. The topological polar surface area (TPSA) is 90.7 Å². The second kappa shape index (κ2) is 7.68. The molecule has 0 heterocycles. The number of carbonyl (C=O) groups is 2. The van der Waals surface area contributed by atoms with E-state index in [1.54, 1.807) is 18.2 Å². The lowest BCUT2D eigenvalue weighted by Crippen LogP contribution is -2.39. The maximum absolute atomic E-state index is 12.0. The number of methoxy groups -OCH3 is 1. The number of amides is 2. The predicted molar refractivity (Wildman–Crippen MR) is 82.0 cm³/mol. The van der Waals surface area contributed by atoms with Crippen molar-refractivity contribution in [1.82, 2.24) is 5.32 Å². The molecule has 1 saturated carbocycles. The number of hydrogen-bond acceptors (Lipinski definition) is 4. The lowest BCUT2D eigenvalue weighted by Gasteiger charge is -2.23. The van der Waals surface area contributed by atoms with Gasteiger partial charge in [0.1, 0.15) is 0 Å². The molecule has 0 atom stereocenters. The molecule has 120 valence electrons. The van der Waals surface area contributed by atoms with Crippen LogP contribution in [-0.2, 0) is 4.79 Å². The van der Waals surface area contributed by atoms with Crippen LogP contribution >= 0.6 is 0 Å². The molecule has 1 aromatic carbocycles. The van der Waals surface area contributed by atoms with E-state index in [2.05, 4.69) is 5.32 Å². The van der Waals surface area contributed by atoms with E-state index in [9.17, 15) is 9.59 Å². The molecule has 1 aromatic rings. The highest BCUT2D eigenvalue weighted by Gasteiger charge is 2.18. The standard InChI is InChI=1S/C16H22N2O4/c1-21-13-9-5-8-12(16(17)20)15(13)22-10-14(19)18-11-6-3-2-4-7-11/h5,8-9,11H,2-4,6-7,10H2,1H3,(H2,17,20)(H,18,19). The second-order valence-electron chi connectivity index (χ2n) is 5.39. The van der Waals surface area contributed by atoms with Crippen molar-refractivity contribution in [2.75, 3.05) is 13.7 Å². The van der Waals surface area contributed by atoms with Gasteiger partial charge in [-0.3, -0.25) is 9.59 Å². The molecule has 0 spiro atoms. The molecule has 6 nitrogen and oxygen atoms in total. The van der Waals surface area contributed by atoms with E-state index in [-0.39, 0.29) is 29.9 Å². The third kappa shape index (κ3) is 4.13. The summed E-state index contributed by atoms with van der Waals surface area (Å²) in [5.41, 5.74) is 5.52. The second-order valence-corrected chi connectivity index (χ2v) is 5.39. The number of primary amides is 1. The Morgan fingerprint density at radius 2 is 2.00 bits per heavy atom. The summed E-state index contributed by atoms with van der Waals surface area (Å²) in [5.74, 6) is -0.243. The molecule has 0 aliphatic heterocycles. The molecule has 0 aromatic heterocycles. The van der Waals surface area contributed by atoms with Crippen molar-refractivity contribution in [2.45, 2.75) is 38.1 Å². The van der Waals surface area contributed by atoms with Gasteiger partial charge in [-0.2, -0.15) is 0 Å². The largest absolute Gasteiger partial charge is 0.493 e. The Labute approximate surface area is 130 Å². The minimum Gasteiger partial charge on any atom is -0.493 e. The molecule has 0 radical (unpaired) electrons. The van der Waals surface area contributed by atoms with Crippen LogP contribution in [0.3, 0.4) is 0 Å². The van der Waals surface area contributed by atoms with Gasteiger partial charge in [0.15, 0.2) is 18.1 Å². The van der Waals surface area contributed by atoms with Gasteiger partial charge < -0.3 is 20.5 Å². The molecule has 0 saturated heterocycles. The quantitative estimate of drug-likeness (QED) is 0.835. The van der Waals surface area contributed by atoms with Crippen molar-refractivity contribution in [3.8, 4) is 11.5 Å². The van der Waals surface area contributed by atoms with Gasteiger partial charge in [-0.05, 0) is 25.0 Å². The lowest BCUT2D eigenvalue weighted by atomic mass is 9.95. The summed E-state index contributed by atoms with van der Waals surface area (Å²) in [6.07, 6.45) is 5.53. The highest BCUT2D eigenvalue weighted by atomic mass is 16.5. The molecule has 22 heavy (non-hydrogen) atoms. The van der Waals surface area contributed by atoms with Gasteiger partial charge in [0, 0.05) is 6.04 Å². The lowest BCUT2D eigenvalue weighted by molar-refractivity contribution is -0.124. The molecule has 0 bridgehead atoms. The van der Waals surface area contributed by atoms with E-state index in [0.29, 0.717) is 5.75 Å². The summed E-state index contributed by atoms with van der Waals surface area (Å²) < 4.78 is 10.6. The van der Waals surface area contributed by atoms with Crippen LogP contribution in [0.2, 0.25) is 0 Å². The summed E-state index contributed by atoms with van der Waals surface area (Å²) >= 11 is 0. The van der Waals surface area contributed by atoms with Gasteiger partial charge >= 0.3 is 0 Å². The van der Waals surface area contributed by atoms with Crippen LogP contribution in [0.1, 0.15) is 42.5 Å². The van der Waals surface area contributed by atoms with Crippen molar-refractivity contribution < 1.29 is 19.1 Å². The SMILES string of the molecule is COc1cccc(C(N)=O)c1OCC(=O)NC1CCCCC1. The molecule has 1 aliphatic carbocycles. The van der Waals surface area contributed by atoms with Crippen molar-refractivity contribution in [3.63, 3.8) is 0 Å². The van der Waals surface area contributed by atoms with E-state index < -0.39 is 5.91 Å². The highest BCUT2D eigenvalue weighted by Crippen LogP contribution is 2.30. The zero-order valence-corrected chi connectivity index (χ0v) is 12.8. The van der Waals surface area contributed by atoms with Gasteiger partial charge in [0.2, 0.25) is 0 Å². The van der Waals surface area contributed by atoms with E-state index >= 15 is 0 Å². The van der Waals surface area contributed by atoms with Gasteiger partial charge in [0.25, 0.3) is 11.8 Å². The summed E-state index contributed by atoms with van der Waals surface area (Å²) in [6, 6.07) is 5.06. The number of nitrogens with one attached hydrogen (secondary N) is 1. The number of rotatable bonds is 6. The molecule has 3 N–H and O–H groups in total. The van der Waals surface area contributed by atoms with Crippen LogP contribution < -0.4 is 20.5 Å². The Hall–Kier alpha value is -2.24. The van der Waals surface area contributed by atoms with E-state index in [1.165, 1.54) is 13.5 Å². The number of hydrogen-bond donors (Lipinski definition) is 2. The smallest absolute Gasteiger partial charge is 0.258 e. The van der Waals surface area contributed by atoms with Gasteiger partial charge in [-0.25, -0.2) is 0 Å². The average molecular weight is 306 g/mol. The molecule has 1 aliphatic rings. The summed E-state index contributed by atoms with van der Waals surface area (Å²) in [5, 5.41) is 2.95. The summed E-state index contributed by atoms with van der Waals surface area (Å²) in [4.78, 5) is 23.4. The normalized spacial score (nSPS) is 15.1. The maximum Gasteiger partial charge on any atom is 0.258 e. The van der Waals surface area contributed by atoms with Crippen molar-refractivity contribution >= 4 is 11.8 Å². The summed E-state index contributed by atoms with van der Waals surface area (Å²) in [7, 11) is 1.47. The fraction of sp³-hybridized carbons (Fsp3) is 0.500. The van der Waals surface area contributed by atoms with E-state index in [4.69, 9.17) is 15.2 Å². The first-order chi connectivity index (χ1) is 10.6. The number of carbonyl (C=O) groups excluding carboxylic acids is 2. The highest BCUT2D eigenvalue weighted by molar-refractivity contribution is 5.96. The van der Waals surface area contributed by atoms with Crippen LogP contribution in [0.15, 0.2) is 18.2 Å². The van der Waals surface area contributed by atoms with Crippen LogP contribution in [-0.4, -0.2) is 31.6 Å². The minimum atomic E-state index is -0.624. The average Bonchev–Trinajstić information content (AvgIpc) is 2.53. The van der Waals surface area contributed by atoms with Crippen molar-refractivity contribution in [2.24, 2.45) is 5.73 Å². The monoisotopic (exact) mass is 306 g/mol. The molecule has 2 rings (SSSR count). The first-order valence-corrected chi connectivity index (χ1v) is 7.50. The zero-order valence-electron chi connectivity index (χ0n) is 12.8. The predicted octanol–water partition coefficient (Wildman–Crippen LogP) is 1.62. The fourth-order valence-electron chi connectivity index (χ4n) is 2.67. The Morgan fingerprint density at radius 3 is 2.64 bits per heavy atom. The van der Waals surface area contributed by atoms with E-state index in [1.807, 2.05) is 0 Å². The number of benzene rings is 1. The Morgan fingerprint density at radius 1 is 1.27 bits per heavy atom. The minimum absolute atomic E-state index is 0.169. The van der Waals surface area contributed by atoms with Crippen LogP contribution in [0.5, 0.6) is 11.5 Å². The molecule has 6 heteroatoms. The molecule has 1 fully saturated rings. The maximum atomic E-state index is 12.0. The number of nitrogens with two attached hydrogens (primary N) is 1. The first-order valence-electron chi connectivity index (χ1n) is 7.50. The number of ether oxygens (including phenoxy) is 2. The van der Waals surface area contributed by atoms with Crippen LogP contribution in [0.25, 0.3) is 0 Å². The van der Waals surface area contributed by atoms with Gasteiger partial charge in [-0.1, -0.05) is 25.3 Å². The molecule has 0 unspecified atom stereocenters. The first kappa shape index (κ1) is 16.1. The molecule has 2 amide bonds. The third-order valence-electron chi connectivity index (χ3n) is 3.78. The zero-order chi connectivity index (χ0) is 15.9. The van der Waals surface area contributed by atoms with Crippen molar-refractivity contribution in [3.05, 3.63) is 23.8 Å². The Bertz CT molecular complexity index is 539. The third-order valence-corrected chi connectivity index (χ3v) is 3.78. The van der Waals surface area contributed by atoms with Crippen LogP contribution in [0.4, 0.5) is 0 Å².